The van der Waals surface area contributed by atoms with E-state index in [1.165, 1.54) is 44.1 Å². The average molecular weight is 452 g/mol. The van der Waals surface area contributed by atoms with E-state index in [0.717, 1.165) is 61.1 Å². The fourth-order valence-electron chi connectivity index (χ4n) is 5.71. The predicted molar refractivity (Wildman–Crippen MR) is 126 cm³/mol. The summed E-state index contributed by atoms with van der Waals surface area (Å²) in [7, 11) is 0. The minimum absolute atomic E-state index is 0.226. The number of nitrogens with one attached hydrogen (secondary N) is 1. The van der Waals surface area contributed by atoms with Gasteiger partial charge < -0.3 is 15.1 Å². The highest BCUT2D eigenvalue weighted by atomic mass is 35.5. The number of hydrogen-bond acceptors (Lipinski definition) is 5. The van der Waals surface area contributed by atoms with Crippen molar-refractivity contribution in [1.82, 2.24) is 14.9 Å². The van der Waals surface area contributed by atoms with Crippen LogP contribution in [0, 0.1) is 17.8 Å². The van der Waals surface area contributed by atoms with Crippen molar-refractivity contribution in [2.24, 2.45) is 17.8 Å². The molecular weight excluding hydrogens is 422 g/mol. The van der Waals surface area contributed by atoms with Crippen molar-refractivity contribution in [2.75, 3.05) is 29.9 Å². The molecule has 1 N–H and O–H groups in total. The maximum atomic E-state index is 12.5. The Balaban J connectivity index is 0.948. The van der Waals surface area contributed by atoms with Gasteiger partial charge in [0.1, 0.15) is 0 Å². The number of nitrogens with zero attached hydrogens (tertiary/aromatic N) is 4. The Hall–Kier alpha value is -2.34. The zero-order chi connectivity index (χ0) is 21.7. The minimum atomic E-state index is 0.226. The molecule has 6 rings (SSSR count). The molecule has 0 bridgehead atoms. The van der Waals surface area contributed by atoms with Gasteiger partial charge in [0.2, 0.25) is 5.95 Å². The van der Waals surface area contributed by atoms with E-state index in [1.54, 1.807) is 12.4 Å². The topological polar surface area (TPSA) is 61.4 Å². The molecule has 2 saturated carbocycles. The molecule has 1 aromatic heterocycles. The van der Waals surface area contributed by atoms with Gasteiger partial charge in [0.15, 0.2) is 0 Å². The van der Waals surface area contributed by atoms with E-state index >= 15 is 0 Å². The summed E-state index contributed by atoms with van der Waals surface area (Å²) in [6.45, 7) is 3.88. The van der Waals surface area contributed by atoms with Crippen molar-refractivity contribution in [1.29, 1.82) is 0 Å². The van der Waals surface area contributed by atoms with Crippen LogP contribution in [0.15, 0.2) is 30.6 Å². The van der Waals surface area contributed by atoms with Crippen molar-refractivity contribution < 1.29 is 4.79 Å². The van der Waals surface area contributed by atoms with E-state index < -0.39 is 0 Å². The third kappa shape index (κ3) is 4.05. The number of carbonyl (C=O) groups is 1. The lowest BCUT2D eigenvalue weighted by Gasteiger charge is -2.32. The van der Waals surface area contributed by atoms with E-state index in [1.807, 2.05) is 11.0 Å². The Morgan fingerprint density at radius 2 is 1.88 bits per heavy atom. The summed E-state index contributed by atoms with van der Waals surface area (Å²) in [5, 5.41) is 4.20. The number of piperidine rings is 1. The van der Waals surface area contributed by atoms with Crippen LogP contribution in [0.2, 0.25) is 5.02 Å². The molecule has 0 radical (unpaired) electrons. The van der Waals surface area contributed by atoms with Crippen molar-refractivity contribution in [3.8, 4) is 0 Å². The molecule has 1 amide bonds. The van der Waals surface area contributed by atoms with Crippen LogP contribution in [-0.2, 0) is 6.54 Å². The third-order valence-electron chi connectivity index (χ3n) is 7.78. The summed E-state index contributed by atoms with van der Waals surface area (Å²) in [4.78, 5) is 25.6. The number of rotatable bonds is 7. The molecule has 1 aromatic carbocycles. The summed E-state index contributed by atoms with van der Waals surface area (Å²) in [5.74, 6) is 3.61. The van der Waals surface area contributed by atoms with Gasteiger partial charge >= 0.3 is 0 Å². The fraction of sp³-hybridized carbons (Fsp3) is 0.560. The van der Waals surface area contributed by atoms with E-state index in [0.29, 0.717) is 11.1 Å². The monoisotopic (exact) mass is 451 g/mol. The Labute approximate surface area is 194 Å². The van der Waals surface area contributed by atoms with Crippen molar-refractivity contribution >= 4 is 29.1 Å². The quantitative estimate of drug-likeness (QED) is 0.666. The van der Waals surface area contributed by atoms with Crippen LogP contribution >= 0.6 is 11.6 Å². The first-order valence-corrected chi connectivity index (χ1v) is 12.4. The van der Waals surface area contributed by atoms with E-state index in [4.69, 9.17) is 11.6 Å². The van der Waals surface area contributed by atoms with Crippen LogP contribution in [-0.4, -0.2) is 46.5 Å². The molecule has 1 saturated heterocycles. The first-order chi connectivity index (χ1) is 15.7. The SMILES string of the molecule is O=C1c2ccc(NCC[C@@H]3C[C@@H]3C3CCN(c4ncc(Cl)cn4)CC3)cc2CN1C1CC1. The van der Waals surface area contributed by atoms with Gasteiger partial charge in [-0.3, -0.25) is 4.79 Å². The minimum Gasteiger partial charge on any atom is -0.385 e. The summed E-state index contributed by atoms with van der Waals surface area (Å²) in [5.41, 5.74) is 3.25. The summed E-state index contributed by atoms with van der Waals surface area (Å²) in [6.07, 6.45) is 10.8. The van der Waals surface area contributed by atoms with Crippen LogP contribution in [0.4, 0.5) is 11.6 Å². The zero-order valence-corrected chi connectivity index (χ0v) is 19.1. The van der Waals surface area contributed by atoms with E-state index in [-0.39, 0.29) is 5.91 Å². The highest BCUT2D eigenvalue weighted by molar-refractivity contribution is 6.30. The van der Waals surface area contributed by atoms with E-state index in [2.05, 4.69) is 32.3 Å². The molecular formula is C25H30ClN5O. The molecule has 6 nitrogen and oxygen atoms in total. The summed E-state index contributed by atoms with van der Waals surface area (Å²) < 4.78 is 0. The van der Waals surface area contributed by atoms with Crippen LogP contribution in [0.25, 0.3) is 0 Å². The number of amides is 1. The van der Waals surface area contributed by atoms with Crippen molar-refractivity contribution in [3.63, 3.8) is 0 Å². The molecule has 32 heavy (non-hydrogen) atoms. The predicted octanol–water partition coefficient (Wildman–Crippen LogP) is 4.60. The number of benzene rings is 1. The highest BCUT2D eigenvalue weighted by Gasteiger charge is 2.43. The van der Waals surface area contributed by atoms with Gasteiger partial charge in [0.25, 0.3) is 5.91 Å². The van der Waals surface area contributed by atoms with Crippen molar-refractivity contribution in [3.05, 3.63) is 46.7 Å². The molecule has 4 aliphatic rings. The molecule has 0 spiro atoms. The smallest absolute Gasteiger partial charge is 0.254 e. The first-order valence-electron chi connectivity index (χ1n) is 12.1. The second kappa shape index (κ2) is 8.22. The number of carbonyl (C=O) groups excluding carboxylic acids is 1. The second-order valence-corrected chi connectivity index (χ2v) is 10.4. The Bertz CT molecular complexity index is 1000. The molecule has 0 unspecified atom stereocenters. The number of aromatic nitrogens is 2. The Kier molecular flexibility index (Phi) is 5.21. The van der Waals surface area contributed by atoms with Crippen LogP contribution < -0.4 is 10.2 Å². The molecule has 2 aliphatic carbocycles. The summed E-state index contributed by atoms with van der Waals surface area (Å²) in [6, 6.07) is 6.77. The van der Waals surface area contributed by atoms with E-state index in [9.17, 15) is 4.79 Å². The number of fused-ring (bicyclic) bond motifs is 1. The number of hydrogen-bond donors (Lipinski definition) is 1. The third-order valence-corrected chi connectivity index (χ3v) is 7.98. The molecule has 3 heterocycles. The lowest BCUT2D eigenvalue weighted by molar-refractivity contribution is 0.0766. The van der Waals surface area contributed by atoms with Gasteiger partial charge in [-0.05, 0) is 80.0 Å². The fourth-order valence-corrected chi connectivity index (χ4v) is 5.81. The van der Waals surface area contributed by atoms with Gasteiger partial charge in [-0.1, -0.05) is 11.6 Å². The Morgan fingerprint density at radius 1 is 1.09 bits per heavy atom. The normalized spacial score (nSPS) is 25.2. The van der Waals surface area contributed by atoms with Gasteiger partial charge in [0.05, 0.1) is 17.4 Å². The maximum absolute atomic E-state index is 12.5. The molecule has 3 fully saturated rings. The van der Waals surface area contributed by atoms with Gasteiger partial charge in [-0.25, -0.2) is 9.97 Å². The van der Waals surface area contributed by atoms with Crippen molar-refractivity contribution in [2.45, 2.75) is 51.1 Å². The van der Waals surface area contributed by atoms with Gasteiger partial charge in [-0.15, -0.1) is 0 Å². The molecule has 168 valence electrons. The highest BCUT2D eigenvalue weighted by Crippen LogP contribution is 2.49. The van der Waals surface area contributed by atoms with Crippen LogP contribution in [0.1, 0.15) is 54.4 Å². The Morgan fingerprint density at radius 3 is 2.62 bits per heavy atom. The molecule has 2 aromatic rings. The number of anilines is 2. The molecule has 2 atom stereocenters. The van der Waals surface area contributed by atoms with Gasteiger partial charge in [0, 0.05) is 43.5 Å². The maximum Gasteiger partial charge on any atom is 0.254 e. The largest absolute Gasteiger partial charge is 0.385 e. The standard InChI is InChI=1S/C25H30ClN5O/c26-19-13-28-25(29-14-19)30-9-6-16(7-10-30)23-12-17(23)5-8-27-20-1-4-22-18(11-20)15-31(24(22)32)21-2-3-21/h1,4,11,13-14,16-17,21,23,27H,2-3,5-10,12,15H2/t17-,23-/m1/s1. The summed E-state index contributed by atoms with van der Waals surface area (Å²) >= 11 is 5.91. The first kappa shape index (κ1) is 20.3. The van der Waals surface area contributed by atoms with Crippen LogP contribution in [0.3, 0.4) is 0 Å². The molecule has 2 aliphatic heterocycles. The lowest BCUT2D eigenvalue weighted by atomic mass is 9.90. The molecule has 7 heteroatoms. The second-order valence-electron chi connectivity index (χ2n) is 9.94. The van der Waals surface area contributed by atoms with Gasteiger partial charge in [-0.2, -0.15) is 0 Å². The average Bonchev–Trinajstić information content (AvgIpc) is 3.74. The van der Waals surface area contributed by atoms with Crippen LogP contribution in [0.5, 0.6) is 0 Å². The number of halogens is 1. The zero-order valence-electron chi connectivity index (χ0n) is 18.3. The lowest BCUT2D eigenvalue weighted by Crippen LogP contribution is -2.35.